The maximum Gasteiger partial charge on any atom is 0.246 e. The number of carbonyl (C=O) groups excluding carboxylic acids is 1. The van der Waals surface area contributed by atoms with Gasteiger partial charge in [0.1, 0.15) is 6.61 Å². The summed E-state index contributed by atoms with van der Waals surface area (Å²) in [7, 11) is 0. The first-order valence-corrected chi connectivity index (χ1v) is 5.52. The van der Waals surface area contributed by atoms with E-state index >= 15 is 0 Å². The van der Waals surface area contributed by atoms with Crippen molar-refractivity contribution in [2.24, 2.45) is 0 Å². The Labute approximate surface area is 96.8 Å². The van der Waals surface area contributed by atoms with E-state index in [1.54, 1.807) is 0 Å². The zero-order chi connectivity index (χ0) is 12.0. The molecule has 0 aliphatic rings. The molecule has 0 unspecified atom stereocenters. The van der Waals surface area contributed by atoms with Crippen molar-refractivity contribution in [2.45, 2.75) is 33.4 Å². The van der Waals surface area contributed by atoms with Gasteiger partial charge >= 0.3 is 0 Å². The summed E-state index contributed by atoms with van der Waals surface area (Å²) >= 11 is 0. The molecule has 0 aliphatic heterocycles. The second kappa shape index (κ2) is 6.28. The van der Waals surface area contributed by atoms with Gasteiger partial charge in [0.15, 0.2) is 0 Å². The van der Waals surface area contributed by atoms with E-state index in [1.807, 2.05) is 39.0 Å². The first kappa shape index (κ1) is 12.7. The highest BCUT2D eigenvalue weighted by atomic mass is 16.5. The lowest BCUT2D eigenvalue weighted by Gasteiger charge is -2.08. The first-order valence-electron chi connectivity index (χ1n) is 5.52. The number of benzene rings is 1. The third-order valence-corrected chi connectivity index (χ3v) is 2.12. The van der Waals surface area contributed by atoms with Crippen LogP contribution < -0.4 is 5.32 Å². The fourth-order valence-electron chi connectivity index (χ4n) is 1.32. The van der Waals surface area contributed by atoms with Gasteiger partial charge in [-0.3, -0.25) is 4.79 Å². The Morgan fingerprint density at radius 3 is 2.81 bits per heavy atom. The predicted molar refractivity (Wildman–Crippen MR) is 64.1 cm³/mol. The molecule has 1 N–H and O–H groups in total. The fraction of sp³-hybridized carbons (Fsp3) is 0.462. The molecule has 1 amide bonds. The van der Waals surface area contributed by atoms with E-state index in [9.17, 15) is 4.79 Å². The van der Waals surface area contributed by atoms with Gasteiger partial charge in [-0.15, -0.1) is 0 Å². The van der Waals surface area contributed by atoms with Crippen LogP contribution in [0.2, 0.25) is 0 Å². The maximum atomic E-state index is 11.4. The van der Waals surface area contributed by atoms with Gasteiger partial charge in [0, 0.05) is 6.54 Å². The summed E-state index contributed by atoms with van der Waals surface area (Å²) in [6, 6.07) is 8.08. The Morgan fingerprint density at radius 1 is 1.44 bits per heavy atom. The standard InChI is InChI=1S/C13H19NO2/c1-10(2)16-9-13(15)14-8-12-6-4-5-11(3)7-12/h4-7,10H,8-9H2,1-3H3,(H,14,15). The highest BCUT2D eigenvalue weighted by Crippen LogP contribution is 2.03. The summed E-state index contributed by atoms with van der Waals surface area (Å²) in [5, 5.41) is 2.82. The van der Waals surface area contributed by atoms with E-state index in [1.165, 1.54) is 5.56 Å². The molecule has 3 heteroatoms. The van der Waals surface area contributed by atoms with Crippen LogP contribution >= 0.6 is 0 Å². The highest BCUT2D eigenvalue weighted by Gasteiger charge is 2.02. The Bertz CT molecular complexity index is 348. The zero-order valence-corrected chi connectivity index (χ0v) is 10.1. The molecule has 0 saturated heterocycles. The smallest absolute Gasteiger partial charge is 0.246 e. The second-order valence-corrected chi connectivity index (χ2v) is 4.13. The quantitative estimate of drug-likeness (QED) is 0.826. The molecule has 88 valence electrons. The minimum absolute atomic E-state index is 0.0739. The SMILES string of the molecule is Cc1cccc(CNC(=O)COC(C)C)c1. The van der Waals surface area contributed by atoms with E-state index in [0.717, 1.165) is 5.56 Å². The van der Waals surface area contributed by atoms with Crippen molar-refractivity contribution in [1.29, 1.82) is 0 Å². The molecule has 16 heavy (non-hydrogen) atoms. The fourth-order valence-corrected chi connectivity index (χ4v) is 1.32. The molecule has 1 rings (SSSR count). The van der Waals surface area contributed by atoms with Gasteiger partial charge in [-0.25, -0.2) is 0 Å². The van der Waals surface area contributed by atoms with Crippen molar-refractivity contribution in [3.8, 4) is 0 Å². The number of aryl methyl sites for hydroxylation is 1. The van der Waals surface area contributed by atoms with E-state index < -0.39 is 0 Å². The normalized spacial score (nSPS) is 10.5. The lowest BCUT2D eigenvalue weighted by atomic mass is 10.1. The number of rotatable bonds is 5. The van der Waals surface area contributed by atoms with Crippen LogP contribution in [0.25, 0.3) is 0 Å². The van der Waals surface area contributed by atoms with E-state index in [4.69, 9.17) is 4.74 Å². The molecule has 0 atom stereocenters. The highest BCUT2D eigenvalue weighted by molar-refractivity contribution is 5.77. The molecule has 0 aliphatic carbocycles. The minimum Gasteiger partial charge on any atom is -0.369 e. The van der Waals surface area contributed by atoms with Gasteiger partial charge in [-0.05, 0) is 26.3 Å². The topological polar surface area (TPSA) is 38.3 Å². The van der Waals surface area contributed by atoms with Crippen LogP contribution in [0.5, 0.6) is 0 Å². The molecule has 0 fully saturated rings. The molecule has 0 heterocycles. The molecule has 1 aromatic carbocycles. The Morgan fingerprint density at radius 2 is 2.19 bits per heavy atom. The van der Waals surface area contributed by atoms with Crippen LogP contribution in [0.3, 0.4) is 0 Å². The largest absolute Gasteiger partial charge is 0.369 e. The van der Waals surface area contributed by atoms with Gasteiger partial charge in [-0.1, -0.05) is 29.8 Å². The van der Waals surface area contributed by atoms with Crippen molar-refractivity contribution >= 4 is 5.91 Å². The number of carbonyl (C=O) groups is 1. The molecular formula is C13H19NO2. The monoisotopic (exact) mass is 221 g/mol. The molecule has 1 aromatic rings. The third-order valence-electron chi connectivity index (χ3n) is 2.12. The average Bonchev–Trinajstić information content (AvgIpc) is 2.23. The summed E-state index contributed by atoms with van der Waals surface area (Å²) in [5.74, 6) is -0.0739. The summed E-state index contributed by atoms with van der Waals surface area (Å²) in [4.78, 5) is 11.4. The number of hydrogen-bond donors (Lipinski definition) is 1. The third kappa shape index (κ3) is 4.94. The van der Waals surface area contributed by atoms with Crippen molar-refractivity contribution in [3.05, 3.63) is 35.4 Å². The van der Waals surface area contributed by atoms with Gasteiger partial charge in [-0.2, -0.15) is 0 Å². The van der Waals surface area contributed by atoms with Gasteiger partial charge in [0.05, 0.1) is 6.10 Å². The van der Waals surface area contributed by atoms with Crippen LogP contribution in [-0.2, 0) is 16.1 Å². The van der Waals surface area contributed by atoms with E-state index in [2.05, 4.69) is 11.4 Å². The van der Waals surface area contributed by atoms with Crippen molar-refractivity contribution < 1.29 is 9.53 Å². The average molecular weight is 221 g/mol. The summed E-state index contributed by atoms with van der Waals surface area (Å²) in [6.07, 6.45) is 0.0877. The minimum atomic E-state index is -0.0739. The molecular weight excluding hydrogens is 202 g/mol. The lowest BCUT2D eigenvalue weighted by Crippen LogP contribution is -2.28. The first-order chi connectivity index (χ1) is 7.58. The van der Waals surface area contributed by atoms with Crippen molar-refractivity contribution in [1.82, 2.24) is 5.32 Å². The zero-order valence-electron chi connectivity index (χ0n) is 10.1. The number of hydrogen-bond acceptors (Lipinski definition) is 2. The predicted octanol–water partition coefficient (Wildman–Crippen LogP) is 2.04. The van der Waals surface area contributed by atoms with Crippen molar-refractivity contribution in [3.63, 3.8) is 0 Å². The maximum absolute atomic E-state index is 11.4. The Kier molecular flexibility index (Phi) is 4.99. The Balaban J connectivity index is 2.31. The van der Waals surface area contributed by atoms with Gasteiger partial charge in [0.25, 0.3) is 0 Å². The van der Waals surface area contributed by atoms with Crippen LogP contribution in [0.1, 0.15) is 25.0 Å². The molecule has 0 radical (unpaired) electrons. The van der Waals surface area contributed by atoms with E-state index in [-0.39, 0.29) is 18.6 Å². The van der Waals surface area contributed by atoms with Crippen molar-refractivity contribution in [2.75, 3.05) is 6.61 Å². The molecule has 3 nitrogen and oxygen atoms in total. The van der Waals surface area contributed by atoms with Crippen LogP contribution in [0.4, 0.5) is 0 Å². The van der Waals surface area contributed by atoms with Crippen LogP contribution in [0, 0.1) is 6.92 Å². The summed E-state index contributed by atoms with van der Waals surface area (Å²) in [5.41, 5.74) is 2.31. The Hall–Kier alpha value is -1.35. The number of amides is 1. The second-order valence-electron chi connectivity index (χ2n) is 4.13. The summed E-state index contributed by atoms with van der Waals surface area (Å²) in [6.45, 7) is 6.54. The van der Waals surface area contributed by atoms with Gasteiger partial charge in [0.2, 0.25) is 5.91 Å². The summed E-state index contributed by atoms with van der Waals surface area (Å²) < 4.78 is 5.20. The molecule has 0 aromatic heterocycles. The number of ether oxygens (including phenoxy) is 1. The lowest BCUT2D eigenvalue weighted by molar-refractivity contribution is -0.127. The molecule has 0 bridgehead atoms. The van der Waals surface area contributed by atoms with E-state index in [0.29, 0.717) is 6.54 Å². The molecule has 0 spiro atoms. The van der Waals surface area contributed by atoms with Crippen LogP contribution in [0.15, 0.2) is 24.3 Å². The number of nitrogens with one attached hydrogen (secondary N) is 1. The van der Waals surface area contributed by atoms with Gasteiger partial charge < -0.3 is 10.1 Å². The van der Waals surface area contributed by atoms with Crippen LogP contribution in [-0.4, -0.2) is 18.6 Å². The molecule has 0 saturated carbocycles.